The number of rotatable bonds is 5. The molecule has 21 heavy (non-hydrogen) atoms. The Morgan fingerprint density at radius 1 is 1.62 bits per heavy atom. The number of thiophene rings is 1. The molecule has 2 atom stereocenters. The highest BCUT2D eigenvalue weighted by atomic mass is 32.1. The second-order valence-electron chi connectivity index (χ2n) is 6.13. The maximum atomic E-state index is 12.2. The first-order chi connectivity index (χ1) is 10.0. The predicted molar refractivity (Wildman–Crippen MR) is 83.4 cm³/mol. The van der Waals surface area contributed by atoms with Crippen molar-refractivity contribution in [2.45, 2.75) is 38.8 Å². The molecule has 5 nitrogen and oxygen atoms in total. The van der Waals surface area contributed by atoms with Gasteiger partial charge in [0.05, 0.1) is 25.3 Å². The van der Waals surface area contributed by atoms with Gasteiger partial charge in [-0.15, -0.1) is 11.3 Å². The second kappa shape index (κ2) is 7.24. The number of aliphatic hydroxyl groups is 1. The van der Waals surface area contributed by atoms with Crippen molar-refractivity contribution in [3.05, 3.63) is 22.4 Å². The Hall–Kier alpha value is -1.11. The third-order valence-electron chi connectivity index (χ3n) is 3.79. The van der Waals surface area contributed by atoms with E-state index in [0.717, 1.165) is 24.3 Å². The molecule has 1 aromatic rings. The molecule has 1 fully saturated rings. The van der Waals surface area contributed by atoms with Crippen LogP contribution in [0.25, 0.3) is 0 Å². The van der Waals surface area contributed by atoms with Crippen LogP contribution in [0.4, 0.5) is 4.79 Å². The molecule has 2 amide bonds. The minimum Gasteiger partial charge on any atom is -0.396 e. The average molecular weight is 312 g/mol. The molecule has 1 aliphatic heterocycles. The summed E-state index contributed by atoms with van der Waals surface area (Å²) < 4.78 is 5.37. The Morgan fingerprint density at radius 2 is 2.43 bits per heavy atom. The van der Waals surface area contributed by atoms with Crippen molar-refractivity contribution in [3.63, 3.8) is 0 Å². The summed E-state index contributed by atoms with van der Waals surface area (Å²) >= 11 is 1.58. The fourth-order valence-electron chi connectivity index (χ4n) is 2.41. The number of carbonyl (C=O) groups is 1. The van der Waals surface area contributed by atoms with Crippen LogP contribution in [0.1, 0.15) is 37.6 Å². The molecule has 6 heteroatoms. The summed E-state index contributed by atoms with van der Waals surface area (Å²) in [5, 5.41) is 17.5. The fraction of sp³-hybridized carbons (Fsp3) is 0.667. The Labute approximate surface area is 129 Å². The van der Waals surface area contributed by atoms with Crippen molar-refractivity contribution in [3.8, 4) is 0 Å². The van der Waals surface area contributed by atoms with Crippen molar-refractivity contribution < 1.29 is 14.6 Å². The summed E-state index contributed by atoms with van der Waals surface area (Å²) in [5.41, 5.74) is -0.425. The first-order valence-corrected chi connectivity index (χ1v) is 8.20. The molecule has 118 valence electrons. The van der Waals surface area contributed by atoms with Gasteiger partial charge in [-0.3, -0.25) is 0 Å². The van der Waals surface area contributed by atoms with Crippen LogP contribution in [0.2, 0.25) is 0 Å². The fourth-order valence-corrected chi connectivity index (χ4v) is 3.40. The smallest absolute Gasteiger partial charge is 0.315 e. The number of amides is 2. The number of ether oxygens (including phenoxy) is 1. The first kappa shape index (κ1) is 16.3. The topological polar surface area (TPSA) is 70.6 Å². The lowest BCUT2D eigenvalue weighted by Crippen LogP contribution is -2.49. The van der Waals surface area contributed by atoms with E-state index in [9.17, 15) is 9.90 Å². The average Bonchev–Trinajstić information content (AvgIpc) is 2.99. The number of carbonyl (C=O) groups excluding carboxylic acids is 1. The summed E-state index contributed by atoms with van der Waals surface area (Å²) in [6.45, 7) is 5.24. The van der Waals surface area contributed by atoms with E-state index in [-0.39, 0.29) is 24.7 Å². The van der Waals surface area contributed by atoms with Gasteiger partial charge >= 0.3 is 6.03 Å². The Morgan fingerprint density at radius 3 is 3.00 bits per heavy atom. The van der Waals surface area contributed by atoms with Crippen LogP contribution in [0, 0.1) is 5.41 Å². The lowest BCUT2D eigenvalue weighted by molar-refractivity contribution is 0.0718. The molecule has 0 spiro atoms. The van der Waals surface area contributed by atoms with E-state index < -0.39 is 5.41 Å². The molecule has 2 rings (SSSR count). The van der Waals surface area contributed by atoms with Gasteiger partial charge in [-0.25, -0.2) is 4.79 Å². The van der Waals surface area contributed by atoms with E-state index in [2.05, 4.69) is 10.6 Å². The maximum Gasteiger partial charge on any atom is 0.315 e. The van der Waals surface area contributed by atoms with Gasteiger partial charge in [0.1, 0.15) is 0 Å². The molecule has 1 aliphatic rings. The molecule has 0 unspecified atom stereocenters. The molecular formula is C15H24N2O3S. The van der Waals surface area contributed by atoms with E-state index in [4.69, 9.17) is 4.74 Å². The van der Waals surface area contributed by atoms with Gasteiger partial charge in [0.15, 0.2) is 0 Å². The quantitative estimate of drug-likeness (QED) is 0.781. The van der Waals surface area contributed by atoms with Crippen LogP contribution in [-0.4, -0.2) is 37.0 Å². The van der Waals surface area contributed by atoms with Crippen molar-refractivity contribution in [2.24, 2.45) is 5.41 Å². The van der Waals surface area contributed by atoms with Crippen LogP contribution in [0.5, 0.6) is 0 Å². The van der Waals surface area contributed by atoms with E-state index in [1.807, 2.05) is 31.4 Å². The molecule has 1 saturated heterocycles. The maximum absolute atomic E-state index is 12.2. The summed E-state index contributed by atoms with van der Waals surface area (Å²) in [6.07, 6.45) is 1.92. The Kier molecular flexibility index (Phi) is 5.61. The van der Waals surface area contributed by atoms with Crippen LogP contribution in [0.15, 0.2) is 17.5 Å². The van der Waals surface area contributed by atoms with Crippen molar-refractivity contribution in [1.29, 1.82) is 0 Å². The van der Waals surface area contributed by atoms with Crippen LogP contribution in [-0.2, 0) is 4.74 Å². The summed E-state index contributed by atoms with van der Waals surface area (Å²) in [5.74, 6) is 0. The number of hydrogen-bond donors (Lipinski definition) is 3. The Bertz CT molecular complexity index is 442. The third-order valence-corrected chi connectivity index (χ3v) is 4.72. The van der Waals surface area contributed by atoms with Gasteiger partial charge < -0.3 is 20.5 Å². The van der Waals surface area contributed by atoms with E-state index in [1.165, 1.54) is 0 Å². The predicted octanol–water partition coefficient (Wildman–Crippen LogP) is 2.29. The molecule has 0 aromatic carbocycles. The first-order valence-electron chi connectivity index (χ1n) is 7.32. The number of urea groups is 1. The normalized spacial score (nSPS) is 20.8. The summed E-state index contributed by atoms with van der Waals surface area (Å²) in [6, 6.07) is 3.59. The molecule has 0 radical (unpaired) electrons. The van der Waals surface area contributed by atoms with Gasteiger partial charge in [-0.2, -0.15) is 0 Å². The number of hydrogen-bond acceptors (Lipinski definition) is 4. The zero-order chi connectivity index (χ0) is 15.3. The zero-order valence-electron chi connectivity index (χ0n) is 12.6. The lowest BCUT2D eigenvalue weighted by Gasteiger charge is -2.33. The minimum atomic E-state index is -0.425. The van der Waals surface area contributed by atoms with Crippen molar-refractivity contribution >= 4 is 17.4 Å². The van der Waals surface area contributed by atoms with E-state index >= 15 is 0 Å². The van der Waals surface area contributed by atoms with Gasteiger partial charge in [0.25, 0.3) is 0 Å². The summed E-state index contributed by atoms with van der Waals surface area (Å²) in [4.78, 5) is 13.3. The van der Waals surface area contributed by atoms with Crippen LogP contribution in [0.3, 0.4) is 0 Å². The van der Waals surface area contributed by atoms with Gasteiger partial charge in [0, 0.05) is 16.9 Å². The Balaban J connectivity index is 1.99. The highest BCUT2D eigenvalue weighted by molar-refractivity contribution is 7.10. The van der Waals surface area contributed by atoms with E-state index in [1.54, 1.807) is 11.3 Å². The van der Waals surface area contributed by atoms with Gasteiger partial charge in [-0.1, -0.05) is 19.9 Å². The number of nitrogens with one attached hydrogen (secondary N) is 2. The van der Waals surface area contributed by atoms with Crippen LogP contribution >= 0.6 is 11.3 Å². The van der Waals surface area contributed by atoms with Crippen LogP contribution < -0.4 is 10.6 Å². The lowest BCUT2D eigenvalue weighted by atomic mass is 9.84. The standard InChI is InChI=1S/C15H24N2O3S/c1-15(2,10-18)13(12-6-4-8-21-12)17-14(19)16-11-5-3-7-20-9-11/h4,6,8,11,13,18H,3,5,7,9-10H2,1-2H3,(H2,16,17,19)/t11-,13+/m1/s1. The summed E-state index contributed by atoms with van der Waals surface area (Å²) in [7, 11) is 0. The molecule has 0 saturated carbocycles. The number of aliphatic hydroxyl groups excluding tert-OH is 1. The molecule has 1 aromatic heterocycles. The molecule has 0 aliphatic carbocycles. The highest BCUT2D eigenvalue weighted by Gasteiger charge is 2.32. The highest BCUT2D eigenvalue weighted by Crippen LogP contribution is 2.35. The minimum absolute atomic E-state index is 0.00237. The van der Waals surface area contributed by atoms with Crippen molar-refractivity contribution in [1.82, 2.24) is 10.6 Å². The zero-order valence-corrected chi connectivity index (χ0v) is 13.4. The van der Waals surface area contributed by atoms with Crippen molar-refractivity contribution in [2.75, 3.05) is 19.8 Å². The molecule has 0 bridgehead atoms. The third kappa shape index (κ3) is 4.43. The molecular weight excluding hydrogens is 288 g/mol. The second-order valence-corrected chi connectivity index (χ2v) is 7.11. The molecule has 3 N–H and O–H groups in total. The monoisotopic (exact) mass is 312 g/mol. The van der Waals surface area contributed by atoms with Gasteiger partial charge in [-0.05, 0) is 24.3 Å². The molecule has 2 heterocycles. The SMILES string of the molecule is CC(C)(CO)[C@@H](NC(=O)N[C@@H]1CCCOC1)c1cccs1. The van der Waals surface area contributed by atoms with Gasteiger partial charge in [0.2, 0.25) is 0 Å². The van der Waals surface area contributed by atoms with E-state index in [0.29, 0.717) is 6.61 Å². The largest absolute Gasteiger partial charge is 0.396 e.